The Morgan fingerprint density at radius 1 is 1.43 bits per heavy atom. The molecule has 1 unspecified atom stereocenters. The number of benzene rings is 1. The van der Waals surface area contributed by atoms with Crippen LogP contribution in [0.15, 0.2) is 18.2 Å². The van der Waals surface area contributed by atoms with E-state index in [2.05, 4.69) is 0 Å². The number of alkyl halides is 1. The molecule has 0 aliphatic heterocycles. The van der Waals surface area contributed by atoms with E-state index in [0.717, 1.165) is 0 Å². The zero-order valence-electron chi connectivity index (χ0n) is 8.10. The molecule has 0 heterocycles. The monoisotopic (exact) mass is 235 g/mol. The maximum atomic E-state index is 13.4. The lowest BCUT2D eigenvalue weighted by Crippen LogP contribution is -2.22. The first-order chi connectivity index (χ1) is 6.56. The topological polar surface area (TPSA) is 3.24 Å². The van der Waals surface area contributed by atoms with Crippen LogP contribution < -0.4 is 0 Å². The van der Waals surface area contributed by atoms with E-state index in [1.54, 1.807) is 6.07 Å². The molecule has 0 radical (unpaired) electrons. The summed E-state index contributed by atoms with van der Waals surface area (Å²) in [7, 11) is 3.71. The Labute approximate surface area is 93.4 Å². The summed E-state index contributed by atoms with van der Waals surface area (Å²) in [6.45, 7) is 0. The summed E-state index contributed by atoms with van der Waals surface area (Å²) in [5.41, 5.74) is 0.539. The summed E-state index contributed by atoms with van der Waals surface area (Å²) >= 11 is 11.6. The van der Waals surface area contributed by atoms with E-state index in [0.29, 0.717) is 16.5 Å². The van der Waals surface area contributed by atoms with Crippen molar-refractivity contribution in [2.24, 2.45) is 0 Å². The Hall–Kier alpha value is -0.310. The van der Waals surface area contributed by atoms with Crippen LogP contribution in [-0.4, -0.2) is 24.9 Å². The maximum Gasteiger partial charge on any atom is 0.128 e. The first-order valence-electron chi connectivity index (χ1n) is 4.23. The third-order valence-electron chi connectivity index (χ3n) is 2.09. The Morgan fingerprint density at radius 2 is 2.07 bits per heavy atom. The molecule has 0 bridgehead atoms. The molecule has 78 valence electrons. The molecule has 0 N–H and O–H groups in total. The van der Waals surface area contributed by atoms with E-state index in [9.17, 15) is 4.39 Å². The van der Waals surface area contributed by atoms with Crippen LogP contribution in [0.2, 0.25) is 5.02 Å². The maximum absolute atomic E-state index is 13.4. The first-order valence-corrected chi connectivity index (χ1v) is 5.15. The normalized spacial score (nSPS) is 13.3. The molecule has 1 atom stereocenters. The number of rotatable bonds is 3. The molecule has 1 nitrogen and oxygen atoms in total. The summed E-state index contributed by atoms with van der Waals surface area (Å²) in [5, 5.41) is 0.526. The average molecular weight is 236 g/mol. The molecule has 14 heavy (non-hydrogen) atoms. The van der Waals surface area contributed by atoms with Gasteiger partial charge in [-0.15, -0.1) is 11.6 Å². The summed E-state index contributed by atoms with van der Waals surface area (Å²) in [4.78, 5) is 1.86. The fourth-order valence-corrected chi connectivity index (χ4v) is 1.89. The van der Waals surface area contributed by atoms with Gasteiger partial charge in [0.25, 0.3) is 0 Å². The van der Waals surface area contributed by atoms with Gasteiger partial charge in [-0.05, 0) is 32.3 Å². The van der Waals surface area contributed by atoms with Crippen LogP contribution in [0.4, 0.5) is 4.39 Å². The molecule has 0 spiro atoms. The zero-order valence-corrected chi connectivity index (χ0v) is 9.61. The summed E-state index contributed by atoms with van der Waals surface area (Å²) < 4.78 is 13.4. The molecule has 0 saturated carbocycles. The Morgan fingerprint density at radius 3 is 2.57 bits per heavy atom. The van der Waals surface area contributed by atoms with Crippen LogP contribution >= 0.6 is 23.2 Å². The third-order valence-corrected chi connectivity index (χ3v) is 2.61. The molecule has 0 aliphatic carbocycles. The smallest absolute Gasteiger partial charge is 0.128 e. The van der Waals surface area contributed by atoms with Crippen molar-refractivity contribution in [1.82, 2.24) is 4.90 Å². The van der Waals surface area contributed by atoms with Crippen LogP contribution in [0.1, 0.15) is 11.6 Å². The lowest BCUT2D eigenvalue weighted by atomic mass is 10.1. The van der Waals surface area contributed by atoms with Gasteiger partial charge in [0.2, 0.25) is 0 Å². The van der Waals surface area contributed by atoms with Gasteiger partial charge in [-0.1, -0.05) is 11.6 Å². The Balaban J connectivity index is 3.08. The van der Waals surface area contributed by atoms with Crippen molar-refractivity contribution < 1.29 is 4.39 Å². The van der Waals surface area contributed by atoms with Crippen molar-refractivity contribution in [2.75, 3.05) is 20.0 Å². The molecule has 0 aromatic heterocycles. The van der Waals surface area contributed by atoms with Gasteiger partial charge >= 0.3 is 0 Å². The van der Waals surface area contributed by atoms with Crippen molar-refractivity contribution in [1.29, 1.82) is 0 Å². The molecular formula is C10H12Cl2FN. The molecule has 0 aliphatic rings. The minimum Gasteiger partial charge on any atom is -0.301 e. The predicted octanol–water partition coefficient (Wildman–Crippen LogP) is 3.32. The summed E-state index contributed by atoms with van der Waals surface area (Å²) in [5.74, 6) is 0.0679. The van der Waals surface area contributed by atoms with Gasteiger partial charge in [-0.25, -0.2) is 4.39 Å². The van der Waals surface area contributed by atoms with Gasteiger partial charge in [0.15, 0.2) is 0 Å². The van der Waals surface area contributed by atoms with E-state index >= 15 is 0 Å². The zero-order chi connectivity index (χ0) is 10.7. The standard InChI is InChI=1S/C10H12Cl2FN/c1-14(2)10(6-11)8-5-7(12)3-4-9(8)13/h3-5,10H,6H2,1-2H3. The number of hydrogen-bond donors (Lipinski definition) is 0. The van der Waals surface area contributed by atoms with Crippen LogP contribution in [-0.2, 0) is 0 Å². The number of halogens is 3. The van der Waals surface area contributed by atoms with Crippen LogP contribution in [0.25, 0.3) is 0 Å². The fraction of sp³-hybridized carbons (Fsp3) is 0.400. The fourth-order valence-electron chi connectivity index (χ4n) is 1.27. The van der Waals surface area contributed by atoms with Crippen LogP contribution in [0.5, 0.6) is 0 Å². The largest absolute Gasteiger partial charge is 0.301 e. The van der Waals surface area contributed by atoms with Gasteiger partial charge in [0.05, 0.1) is 6.04 Å². The molecular weight excluding hydrogens is 224 g/mol. The van der Waals surface area contributed by atoms with E-state index < -0.39 is 0 Å². The highest BCUT2D eigenvalue weighted by Gasteiger charge is 2.17. The van der Waals surface area contributed by atoms with E-state index in [1.165, 1.54) is 12.1 Å². The lowest BCUT2D eigenvalue weighted by molar-refractivity contribution is 0.316. The molecule has 1 aromatic rings. The van der Waals surface area contributed by atoms with Crippen LogP contribution in [0.3, 0.4) is 0 Å². The molecule has 0 amide bonds. The Bertz CT molecular complexity index is 315. The number of nitrogens with zero attached hydrogens (tertiary/aromatic N) is 1. The SMILES string of the molecule is CN(C)C(CCl)c1cc(Cl)ccc1F. The van der Waals surface area contributed by atoms with Gasteiger partial charge in [0, 0.05) is 16.5 Å². The molecule has 4 heteroatoms. The lowest BCUT2D eigenvalue weighted by Gasteiger charge is -2.22. The van der Waals surface area contributed by atoms with E-state index in [4.69, 9.17) is 23.2 Å². The van der Waals surface area contributed by atoms with Crippen LogP contribution in [0, 0.1) is 5.82 Å². The average Bonchev–Trinajstić information content (AvgIpc) is 2.11. The second-order valence-corrected chi connectivity index (χ2v) is 4.04. The van der Waals surface area contributed by atoms with Gasteiger partial charge in [0.1, 0.15) is 5.82 Å². The second-order valence-electron chi connectivity index (χ2n) is 3.30. The molecule has 1 aromatic carbocycles. The van der Waals surface area contributed by atoms with Gasteiger partial charge in [-0.2, -0.15) is 0 Å². The molecule has 0 fully saturated rings. The highest BCUT2D eigenvalue weighted by molar-refractivity contribution is 6.30. The molecule has 1 rings (SSSR count). The highest BCUT2D eigenvalue weighted by atomic mass is 35.5. The summed E-state index contributed by atoms with van der Waals surface area (Å²) in [6, 6.07) is 4.36. The van der Waals surface area contributed by atoms with Crippen molar-refractivity contribution in [3.05, 3.63) is 34.6 Å². The van der Waals surface area contributed by atoms with Crippen molar-refractivity contribution in [2.45, 2.75) is 6.04 Å². The van der Waals surface area contributed by atoms with Gasteiger partial charge in [-0.3, -0.25) is 0 Å². The van der Waals surface area contributed by atoms with Crippen molar-refractivity contribution in [3.63, 3.8) is 0 Å². The minimum absolute atomic E-state index is 0.143. The highest BCUT2D eigenvalue weighted by Crippen LogP contribution is 2.25. The van der Waals surface area contributed by atoms with Crippen molar-refractivity contribution in [3.8, 4) is 0 Å². The second kappa shape index (κ2) is 4.96. The predicted molar refractivity (Wildman–Crippen MR) is 58.6 cm³/mol. The van der Waals surface area contributed by atoms with Gasteiger partial charge < -0.3 is 4.90 Å². The van der Waals surface area contributed by atoms with E-state index in [-0.39, 0.29) is 11.9 Å². The number of hydrogen-bond acceptors (Lipinski definition) is 1. The molecule has 0 saturated heterocycles. The first kappa shape index (κ1) is 11.8. The minimum atomic E-state index is -0.270. The Kier molecular flexibility index (Phi) is 4.17. The van der Waals surface area contributed by atoms with E-state index in [1.807, 2.05) is 19.0 Å². The third kappa shape index (κ3) is 2.59. The summed E-state index contributed by atoms with van der Waals surface area (Å²) in [6.07, 6.45) is 0. The quantitative estimate of drug-likeness (QED) is 0.727. The van der Waals surface area contributed by atoms with Crippen molar-refractivity contribution >= 4 is 23.2 Å².